The van der Waals surface area contributed by atoms with Crippen molar-refractivity contribution in [1.29, 1.82) is 0 Å². The van der Waals surface area contributed by atoms with Crippen molar-refractivity contribution < 1.29 is 13.2 Å². The molecule has 1 fully saturated rings. The minimum atomic E-state index is -3.22. The van der Waals surface area contributed by atoms with Gasteiger partial charge in [-0.15, -0.1) is 12.4 Å². The molecule has 0 spiro atoms. The maximum absolute atomic E-state index is 11.8. The van der Waals surface area contributed by atoms with E-state index >= 15 is 0 Å². The molecule has 0 saturated heterocycles. The Morgan fingerprint density at radius 2 is 2.25 bits per heavy atom. The lowest BCUT2D eigenvalue weighted by Gasteiger charge is -2.10. The zero-order valence-electron chi connectivity index (χ0n) is 11.3. The first-order chi connectivity index (χ1) is 9.01. The Bertz CT molecular complexity index is 535. The Morgan fingerprint density at radius 3 is 2.85 bits per heavy atom. The lowest BCUT2D eigenvalue weighted by Crippen LogP contribution is -2.22. The van der Waals surface area contributed by atoms with Crippen molar-refractivity contribution in [3.05, 3.63) is 24.0 Å². The van der Waals surface area contributed by atoms with E-state index in [0.29, 0.717) is 18.5 Å². The van der Waals surface area contributed by atoms with Crippen molar-refractivity contribution in [2.24, 2.45) is 5.73 Å². The summed E-state index contributed by atoms with van der Waals surface area (Å²) in [6, 6.07) is 3.39. The van der Waals surface area contributed by atoms with E-state index in [2.05, 4.69) is 9.71 Å². The summed E-state index contributed by atoms with van der Waals surface area (Å²) in [5, 5.41) is -0.231. The van der Waals surface area contributed by atoms with Gasteiger partial charge >= 0.3 is 0 Å². The number of sulfonamides is 1. The molecule has 1 saturated carbocycles. The number of anilines is 1. The number of ether oxygens (including phenoxy) is 1. The third-order valence-corrected chi connectivity index (χ3v) is 4.90. The Morgan fingerprint density at radius 1 is 1.55 bits per heavy atom. The molecular weight excluding hydrogens is 302 g/mol. The van der Waals surface area contributed by atoms with E-state index in [4.69, 9.17) is 10.5 Å². The SMILES string of the molecule is CO[C@H](N)CCc1cc(NS(=O)(=O)C2CC2)ccn1.Cl. The van der Waals surface area contributed by atoms with Gasteiger partial charge in [-0.1, -0.05) is 0 Å². The number of hydrogen-bond donors (Lipinski definition) is 2. The number of halogens is 1. The molecule has 6 nitrogen and oxygen atoms in total. The number of pyridine rings is 1. The van der Waals surface area contributed by atoms with Crippen LogP contribution in [-0.2, 0) is 21.2 Å². The number of hydrogen-bond acceptors (Lipinski definition) is 5. The molecule has 0 aromatic carbocycles. The maximum atomic E-state index is 11.8. The fraction of sp³-hybridized carbons (Fsp3) is 0.583. The zero-order chi connectivity index (χ0) is 13.9. The lowest BCUT2D eigenvalue weighted by molar-refractivity contribution is 0.101. The molecule has 1 aliphatic rings. The van der Waals surface area contributed by atoms with Crippen LogP contribution in [0, 0.1) is 0 Å². The number of nitrogens with one attached hydrogen (secondary N) is 1. The summed E-state index contributed by atoms with van der Waals surface area (Å²) in [4.78, 5) is 4.19. The number of aromatic nitrogens is 1. The largest absolute Gasteiger partial charge is 0.367 e. The van der Waals surface area contributed by atoms with Crippen molar-refractivity contribution in [3.63, 3.8) is 0 Å². The molecule has 1 heterocycles. The van der Waals surface area contributed by atoms with Crippen LogP contribution in [0.2, 0.25) is 0 Å². The van der Waals surface area contributed by atoms with E-state index in [9.17, 15) is 8.42 Å². The van der Waals surface area contributed by atoms with Gasteiger partial charge < -0.3 is 10.5 Å². The Labute approximate surface area is 125 Å². The van der Waals surface area contributed by atoms with Crippen LogP contribution in [-0.4, -0.2) is 32.0 Å². The Kier molecular flexibility index (Phi) is 6.19. The molecule has 2 rings (SSSR count). The van der Waals surface area contributed by atoms with Crippen LogP contribution in [0.15, 0.2) is 18.3 Å². The molecule has 1 atom stereocenters. The highest BCUT2D eigenvalue weighted by Gasteiger charge is 2.35. The quantitative estimate of drug-likeness (QED) is 0.738. The van der Waals surface area contributed by atoms with Gasteiger partial charge in [0.1, 0.15) is 6.23 Å². The van der Waals surface area contributed by atoms with Gasteiger partial charge in [0.05, 0.1) is 10.9 Å². The number of methoxy groups -OCH3 is 1. The van der Waals surface area contributed by atoms with E-state index < -0.39 is 10.0 Å². The van der Waals surface area contributed by atoms with Crippen LogP contribution in [0.1, 0.15) is 25.0 Å². The highest BCUT2D eigenvalue weighted by Crippen LogP contribution is 2.29. The summed E-state index contributed by atoms with van der Waals surface area (Å²) in [7, 11) is -1.67. The number of nitrogens with two attached hydrogens (primary N) is 1. The zero-order valence-corrected chi connectivity index (χ0v) is 12.9. The molecule has 0 radical (unpaired) electrons. The average molecular weight is 322 g/mol. The van der Waals surface area contributed by atoms with Crippen LogP contribution in [0.3, 0.4) is 0 Å². The first-order valence-corrected chi connectivity index (χ1v) is 7.81. The molecule has 1 aromatic rings. The van der Waals surface area contributed by atoms with E-state index in [-0.39, 0.29) is 23.9 Å². The summed E-state index contributed by atoms with van der Waals surface area (Å²) in [5.41, 5.74) is 7.00. The molecule has 0 aliphatic heterocycles. The molecule has 8 heteroatoms. The number of rotatable bonds is 7. The van der Waals surface area contributed by atoms with Gasteiger partial charge in [0, 0.05) is 19.0 Å². The Hall–Kier alpha value is -0.890. The highest BCUT2D eigenvalue weighted by atomic mass is 35.5. The molecule has 0 unspecified atom stereocenters. The maximum Gasteiger partial charge on any atom is 0.235 e. The van der Waals surface area contributed by atoms with Gasteiger partial charge in [-0.25, -0.2) is 8.42 Å². The second kappa shape index (κ2) is 7.21. The topological polar surface area (TPSA) is 94.3 Å². The molecule has 0 amide bonds. The summed E-state index contributed by atoms with van der Waals surface area (Å²) in [6.45, 7) is 0. The summed E-state index contributed by atoms with van der Waals surface area (Å²) >= 11 is 0. The monoisotopic (exact) mass is 321 g/mol. The van der Waals surface area contributed by atoms with Crippen LogP contribution in [0.25, 0.3) is 0 Å². The number of aryl methyl sites for hydroxylation is 1. The van der Waals surface area contributed by atoms with Crippen LogP contribution >= 0.6 is 12.4 Å². The van der Waals surface area contributed by atoms with Crippen molar-refractivity contribution in [2.45, 2.75) is 37.2 Å². The molecular formula is C12H20ClN3O3S. The third kappa shape index (κ3) is 4.90. The van der Waals surface area contributed by atoms with E-state index in [1.807, 2.05) is 0 Å². The van der Waals surface area contributed by atoms with Crippen LogP contribution in [0.5, 0.6) is 0 Å². The van der Waals surface area contributed by atoms with Gasteiger partial charge in [-0.05, 0) is 37.8 Å². The predicted molar refractivity (Wildman–Crippen MR) is 80.4 cm³/mol. The first kappa shape index (κ1) is 17.2. The molecule has 0 bridgehead atoms. The fourth-order valence-electron chi connectivity index (χ4n) is 1.71. The minimum absolute atomic E-state index is 0. The number of nitrogens with zero attached hydrogens (tertiary/aromatic N) is 1. The second-order valence-electron chi connectivity index (χ2n) is 4.70. The minimum Gasteiger partial charge on any atom is -0.367 e. The standard InChI is InChI=1S/C12H19N3O3S.ClH/c1-18-12(13)5-2-9-8-10(6-7-14-9)15-19(16,17)11-3-4-11;/h6-8,11-12H,2-5,13H2,1H3,(H,14,15);1H/t12-;/m0./s1. The van der Waals surface area contributed by atoms with Gasteiger partial charge in [0.25, 0.3) is 0 Å². The van der Waals surface area contributed by atoms with Gasteiger partial charge in [0.2, 0.25) is 10.0 Å². The van der Waals surface area contributed by atoms with Gasteiger partial charge in [0.15, 0.2) is 0 Å². The molecule has 1 aliphatic carbocycles. The third-order valence-electron chi connectivity index (χ3n) is 3.03. The van der Waals surface area contributed by atoms with Gasteiger partial charge in [-0.2, -0.15) is 0 Å². The predicted octanol–water partition coefficient (Wildman–Crippen LogP) is 1.27. The van der Waals surface area contributed by atoms with E-state index in [1.165, 1.54) is 0 Å². The summed E-state index contributed by atoms with van der Waals surface area (Å²) < 4.78 is 31.2. The smallest absolute Gasteiger partial charge is 0.235 e. The Balaban J connectivity index is 0.00000200. The van der Waals surface area contributed by atoms with Crippen molar-refractivity contribution in [3.8, 4) is 0 Å². The van der Waals surface area contributed by atoms with Crippen molar-refractivity contribution in [1.82, 2.24) is 4.98 Å². The van der Waals surface area contributed by atoms with Crippen LogP contribution in [0.4, 0.5) is 5.69 Å². The molecule has 1 aromatic heterocycles. The second-order valence-corrected chi connectivity index (χ2v) is 6.66. The molecule has 114 valence electrons. The molecule has 3 N–H and O–H groups in total. The summed E-state index contributed by atoms with van der Waals surface area (Å²) in [6.07, 6.45) is 4.05. The lowest BCUT2D eigenvalue weighted by atomic mass is 10.2. The molecule has 20 heavy (non-hydrogen) atoms. The average Bonchev–Trinajstić information content (AvgIpc) is 3.20. The van der Waals surface area contributed by atoms with E-state index in [1.54, 1.807) is 25.4 Å². The van der Waals surface area contributed by atoms with Gasteiger partial charge in [-0.3, -0.25) is 9.71 Å². The first-order valence-electron chi connectivity index (χ1n) is 6.26. The van der Waals surface area contributed by atoms with Crippen molar-refractivity contribution >= 4 is 28.1 Å². The van der Waals surface area contributed by atoms with E-state index in [0.717, 1.165) is 18.5 Å². The normalized spacial score (nSPS) is 16.3. The van der Waals surface area contributed by atoms with Crippen LogP contribution < -0.4 is 10.5 Å². The fourth-order valence-corrected chi connectivity index (χ4v) is 3.09. The van der Waals surface area contributed by atoms with Crippen molar-refractivity contribution in [2.75, 3.05) is 11.8 Å². The summed E-state index contributed by atoms with van der Waals surface area (Å²) in [5.74, 6) is 0. The highest BCUT2D eigenvalue weighted by molar-refractivity contribution is 7.93.